The van der Waals surface area contributed by atoms with E-state index in [1.54, 1.807) is 16.8 Å². The molecule has 0 aliphatic rings. The summed E-state index contributed by atoms with van der Waals surface area (Å²) in [5.41, 5.74) is 7.31. The van der Waals surface area contributed by atoms with E-state index in [4.69, 9.17) is 5.73 Å². The zero-order chi connectivity index (χ0) is 14.5. The van der Waals surface area contributed by atoms with E-state index in [0.717, 1.165) is 11.4 Å². The van der Waals surface area contributed by atoms with E-state index in [9.17, 15) is 4.39 Å². The lowest BCUT2D eigenvalue weighted by Crippen LogP contribution is -2.36. The Hall–Kier alpha value is -2.37. The minimum Gasteiger partial charge on any atom is -0.370 e. The van der Waals surface area contributed by atoms with Crippen molar-refractivity contribution in [1.29, 1.82) is 0 Å². The van der Waals surface area contributed by atoms with Gasteiger partial charge in [-0.25, -0.2) is 14.1 Å². The Morgan fingerprint density at radius 1 is 1.35 bits per heavy atom. The van der Waals surface area contributed by atoms with Gasteiger partial charge in [0.05, 0.1) is 17.9 Å². The third-order valence-electron chi connectivity index (χ3n) is 2.58. The first-order chi connectivity index (χ1) is 9.54. The summed E-state index contributed by atoms with van der Waals surface area (Å²) in [7, 11) is 0. The van der Waals surface area contributed by atoms with Crippen LogP contribution in [-0.4, -0.2) is 21.8 Å². The van der Waals surface area contributed by atoms with Crippen LogP contribution in [0.5, 0.6) is 0 Å². The van der Waals surface area contributed by atoms with Gasteiger partial charge in [0.2, 0.25) is 0 Å². The average molecular weight is 275 g/mol. The lowest BCUT2D eigenvalue weighted by Gasteiger charge is -2.07. The maximum absolute atomic E-state index is 12.9. The zero-order valence-corrected chi connectivity index (χ0v) is 11.5. The Morgan fingerprint density at radius 2 is 2.05 bits per heavy atom. The molecule has 20 heavy (non-hydrogen) atoms. The number of aliphatic imine (C=N–C) groups is 1. The molecule has 0 aliphatic carbocycles. The van der Waals surface area contributed by atoms with E-state index in [0.29, 0.717) is 12.5 Å². The van der Waals surface area contributed by atoms with Gasteiger partial charge in [-0.15, -0.1) is 0 Å². The van der Waals surface area contributed by atoms with Crippen LogP contribution >= 0.6 is 0 Å². The van der Waals surface area contributed by atoms with Crippen LogP contribution in [0, 0.1) is 5.82 Å². The van der Waals surface area contributed by atoms with Crippen molar-refractivity contribution in [1.82, 2.24) is 15.1 Å². The van der Waals surface area contributed by atoms with E-state index < -0.39 is 0 Å². The first kappa shape index (κ1) is 14.0. The van der Waals surface area contributed by atoms with Crippen LogP contribution in [0.2, 0.25) is 0 Å². The van der Waals surface area contributed by atoms with Crippen LogP contribution in [0.4, 0.5) is 4.39 Å². The van der Waals surface area contributed by atoms with E-state index in [2.05, 4.69) is 15.4 Å². The summed E-state index contributed by atoms with van der Waals surface area (Å²) in [4.78, 5) is 4.20. The van der Waals surface area contributed by atoms with Crippen LogP contribution in [0.15, 0.2) is 41.5 Å². The number of halogens is 1. The molecule has 0 radical (unpaired) electrons. The second kappa shape index (κ2) is 6.18. The smallest absolute Gasteiger partial charge is 0.189 e. The van der Waals surface area contributed by atoms with Gasteiger partial charge in [-0.1, -0.05) is 0 Å². The van der Waals surface area contributed by atoms with E-state index >= 15 is 0 Å². The monoisotopic (exact) mass is 275 g/mol. The molecule has 0 fully saturated rings. The summed E-state index contributed by atoms with van der Waals surface area (Å²) >= 11 is 0. The topological polar surface area (TPSA) is 68.2 Å². The predicted molar refractivity (Wildman–Crippen MR) is 77.1 cm³/mol. The number of hydrogen-bond acceptors (Lipinski definition) is 2. The maximum atomic E-state index is 12.9. The number of nitrogens with zero attached hydrogens (tertiary/aromatic N) is 3. The van der Waals surface area contributed by atoms with Crippen molar-refractivity contribution in [2.24, 2.45) is 10.7 Å². The number of nitrogens with one attached hydrogen (secondary N) is 1. The molecule has 0 atom stereocenters. The molecule has 6 heteroatoms. The molecular formula is C14H18FN5. The van der Waals surface area contributed by atoms with Crippen LogP contribution in [-0.2, 0) is 6.54 Å². The molecule has 1 aromatic carbocycles. The highest BCUT2D eigenvalue weighted by atomic mass is 19.1. The Bertz CT molecular complexity index is 586. The molecule has 2 rings (SSSR count). The van der Waals surface area contributed by atoms with Crippen molar-refractivity contribution < 1.29 is 4.39 Å². The number of hydrogen-bond donors (Lipinski definition) is 2. The van der Waals surface area contributed by atoms with Crippen molar-refractivity contribution in [2.45, 2.75) is 26.4 Å². The van der Waals surface area contributed by atoms with Crippen molar-refractivity contribution in [2.75, 3.05) is 0 Å². The SMILES string of the molecule is CC(C)NC(N)=NCc1ccn(-c2ccc(F)cc2)n1. The first-order valence-electron chi connectivity index (χ1n) is 6.41. The van der Waals surface area contributed by atoms with Crippen molar-refractivity contribution in [3.63, 3.8) is 0 Å². The number of nitrogens with two attached hydrogens (primary N) is 1. The van der Waals surface area contributed by atoms with Crippen molar-refractivity contribution >= 4 is 5.96 Å². The maximum Gasteiger partial charge on any atom is 0.189 e. The fourth-order valence-electron chi connectivity index (χ4n) is 1.69. The normalized spacial score (nSPS) is 11.9. The van der Waals surface area contributed by atoms with Gasteiger partial charge in [0.25, 0.3) is 0 Å². The third-order valence-corrected chi connectivity index (χ3v) is 2.58. The summed E-state index contributed by atoms with van der Waals surface area (Å²) in [6, 6.07) is 8.25. The number of benzene rings is 1. The molecule has 0 amide bonds. The Morgan fingerprint density at radius 3 is 2.70 bits per heavy atom. The van der Waals surface area contributed by atoms with E-state index in [-0.39, 0.29) is 11.9 Å². The molecule has 0 saturated carbocycles. The van der Waals surface area contributed by atoms with Gasteiger partial charge in [-0.2, -0.15) is 5.10 Å². The van der Waals surface area contributed by atoms with Crippen LogP contribution in [0.3, 0.4) is 0 Å². The second-order valence-corrected chi connectivity index (χ2v) is 4.73. The molecule has 0 unspecified atom stereocenters. The first-order valence-corrected chi connectivity index (χ1v) is 6.41. The summed E-state index contributed by atoms with van der Waals surface area (Å²) < 4.78 is 14.5. The minimum absolute atomic E-state index is 0.246. The zero-order valence-electron chi connectivity index (χ0n) is 11.5. The van der Waals surface area contributed by atoms with Gasteiger partial charge in [0, 0.05) is 12.2 Å². The fourth-order valence-corrected chi connectivity index (χ4v) is 1.69. The highest BCUT2D eigenvalue weighted by Gasteiger charge is 2.02. The van der Waals surface area contributed by atoms with Gasteiger partial charge >= 0.3 is 0 Å². The van der Waals surface area contributed by atoms with Gasteiger partial charge < -0.3 is 11.1 Å². The van der Waals surface area contributed by atoms with Gasteiger partial charge in [-0.3, -0.25) is 0 Å². The highest BCUT2D eigenvalue weighted by molar-refractivity contribution is 5.77. The molecule has 1 heterocycles. The van der Waals surface area contributed by atoms with Crippen molar-refractivity contribution in [3.05, 3.63) is 48.0 Å². The number of rotatable bonds is 4. The van der Waals surface area contributed by atoms with Crippen LogP contribution in [0.25, 0.3) is 5.69 Å². The summed E-state index contributed by atoms with van der Waals surface area (Å²) in [6.07, 6.45) is 1.81. The second-order valence-electron chi connectivity index (χ2n) is 4.73. The van der Waals surface area contributed by atoms with Crippen LogP contribution < -0.4 is 11.1 Å². The van der Waals surface area contributed by atoms with Gasteiger partial charge in [-0.05, 0) is 44.2 Å². The minimum atomic E-state index is -0.265. The van der Waals surface area contributed by atoms with E-state index in [1.165, 1.54) is 12.1 Å². The lowest BCUT2D eigenvalue weighted by atomic mass is 10.3. The quantitative estimate of drug-likeness (QED) is 0.660. The van der Waals surface area contributed by atoms with Gasteiger partial charge in [0.1, 0.15) is 5.82 Å². The Kier molecular flexibility index (Phi) is 4.34. The number of guanidine groups is 1. The molecular weight excluding hydrogens is 257 g/mol. The molecule has 0 aliphatic heterocycles. The molecule has 5 nitrogen and oxygen atoms in total. The fraction of sp³-hybridized carbons (Fsp3) is 0.286. The summed E-state index contributed by atoms with van der Waals surface area (Å²) in [6.45, 7) is 4.39. The Balaban J connectivity index is 2.04. The summed E-state index contributed by atoms with van der Waals surface area (Å²) in [5, 5.41) is 7.37. The Labute approximate surface area is 117 Å². The largest absolute Gasteiger partial charge is 0.370 e. The molecule has 0 bridgehead atoms. The summed E-state index contributed by atoms with van der Waals surface area (Å²) in [5.74, 6) is 0.134. The predicted octanol–water partition coefficient (Wildman–Crippen LogP) is 1.82. The standard InChI is InChI=1S/C14H18FN5/c1-10(2)18-14(16)17-9-12-7-8-20(19-12)13-5-3-11(15)4-6-13/h3-8,10H,9H2,1-2H3,(H3,16,17,18). The van der Waals surface area contributed by atoms with E-state index in [1.807, 2.05) is 26.1 Å². The van der Waals surface area contributed by atoms with Gasteiger partial charge in [0.15, 0.2) is 5.96 Å². The number of aromatic nitrogens is 2. The molecule has 0 saturated heterocycles. The average Bonchev–Trinajstić information content (AvgIpc) is 2.85. The molecule has 3 N–H and O–H groups in total. The molecule has 2 aromatic rings. The third kappa shape index (κ3) is 3.81. The highest BCUT2D eigenvalue weighted by Crippen LogP contribution is 2.09. The lowest BCUT2D eigenvalue weighted by molar-refractivity contribution is 0.627. The molecule has 1 aromatic heterocycles. The molecule has 106 valence electrons. The van der Waals surface area contributed by atoms with Crippen LogP contribution in [0.1, 0.15) is 19.5 Å². The molecule has 0 spiro atoms. The van der Waals surface area contributed by atoms with Crippen molar-refractivity contribution in [3.8, 4) is 5.69 Å².